The van der Waals surface area contributed by atoms with E-state index in [2.05, 4.69) is 0 Å². The van der Waals surface area contributed by atoms with Crippen LogP contribution in [0.4, 0.5) is 0 Å². The number of amides is 1. The van der Waals surface area contributed by atoms with Crippen molar-refractivity contribution in [2.75, 3.05) is 0 Å². The highest BCUT2D eigenvalue weighted by atomic mass is 16.1. The lowest BCUT2D eigenvalue weighted by molar-refractivity contribution is -0.113. The molecule has 1 rings (SSSR count). The molecular weight excluding hydrogens is 152 g/mol. The molecule has 68 valence electrons. The Balaban J connectivity index is 2.43. The molecule has 12 heavy (non-hydrogen) atoms. The van der Waals surface area contributed by atoms with Crippen molar-refractivity contribution in [3.63, 3.8) is 0 Å². The number of rotatable bonds is 2. The Bertz CT molecular complexity index is 189. The van der Waals surface area contributed by atoms with Gasteiger partial charge in [0.1, 0.15) is 0 Å². The molecule has 1 aliphatic carbocycles. The van der Waals surface area contributed by atoms with Crippen LogP contribution in [-0.4, -0.2) is 11.9 Å². The van der Waals surface area contributed by atoms with Crippen LogP contribution in [0, 0.1) is 5.92 Å². The van der Waals surface area contributed by atoms with Crippen LogP contribution in [0.15, 0.2) is 12.2 Å². The van der Waals surface area contributed by atoms with Crippen molar-refractivity contribution in [1.29, 1.82) is 0 Å². The fraction of sp³-hybridized carbons (Fsp3) is 0.667. The number of hydrogen-bond donors (Lipinski definition) is 2. The molecule has 0 unspecified atom stereocenters. The summed E-state index contributed by atoms with van der Waals surface area (Å²) in [4.78, 5) is 10.4. The van der Waals surface area contributed by atoms with Gasteiger partial charge in [0.25, 0.3) is 0 Å². The minimum Gasteiger partial charge on any atom is -0.366 e. The van der Waals surface area contributed by atoms with E-state index < -0.39 is 0 Å². The summed E-state index contributed by atoms with van der Waals surface area (Å²) in [6.45, 7) is 0. The highest BCUT2D eigenvalue weighted by molar-refractivity contribution is 5.85. The predicted molar refractivity (Wildman–Crippen MR) is 48.3 cm³/mol. The summed E-state index contributed by atoms with van der Waals surface area (Å²) in [5, 5.41) is 0. The monoisotopic (exact) mass is 168 g/mol. The Morgan fingerprint density at radius 2 is 2.00 bits per heavy atom. The summed E-state index contributed by atoms with van der Waals surface area (Å²) in [7, 11) is 0. The lowest BCUT2D eigenvalue weighted by Gasteiger charge is -2.25. The maximum absolute atomic E-state index is 10.4. The average molecular weight is 168 g/mol. The van der Waals surface area contributed by atoms with Crippen LogP contribution in [-0.2, 0) is 4.79 Å². The first-order valence-corrected chi connectivity index (χ1v) is 4.43. The molecule has 0 saturated heterocycles. The van der Waals surface area contributed by atoms with E-state index in [0.717, 1.165) is 12.8 Å². The Kier molecular flexibility index (Phi) is 3.29. The molecule has 4 N–H and O–H groups in total. The van der Waals surface area contributed by atoms with Crippen LogP contribution in [0.2, 0.25) is 0 Å². The van der Waals surface area contributed by atoms with Crippen molar-refractivity contribution in [2.45, 2.75) is 31.7 Å². The summed E-state index contributed by atoms with van der Waals surface area (Å²) in [6.07, 6.45) is 7.85. The van der Waals surface area contributed by atoms with Gasteiger partial charge < -0.3 is 11.5 Å². The molecule has 3 nitrogen and oxygen atoms in total. The molecule has 3 heteroatoms. The average Bonchev–Trinajstić information content (AvgIpc) is 2.03. The van der Waals surface area contributed by atoms with E-state index in [9.17, 15) is 4.79 Å². The zero-order valence-electron chi connectivity index (χ0n) is 7.20. The molecule has 0 aromatic rings. The summed E-state index contributed by atoms with van der Waals surface area (Å²) in [6, 6.07) is 0.217. The fourth-order valence-corrected chi connectivity index (χ4v) is 1.65. The number of hydrogen-bond acceptors (Lipinski definition) is 2. The van der Waals surface area contributed by atoms with Gasteiger partial charge in [-0.25, -0.2) is 0 Å². The van der Waals surface area contributed by atoms with Gasteiger partial charge in [-0.05, 0) is 24.8 Å². The molecule has 1 aliphatic rings. The standard InChI is InChI=1S/C9H16N2O/c10-8-4-2-1-3-7(8)5-6-9(11)12/h5-8H,1-4,10H2,(H2,11,12)/t7-,8+/m0/s1. The lowest BCUT2D eigenvalue weighted by atomic mass is 9.85. The first kappa shape index (κ1) is 9.26. The summed E-state index contributed by atoms with van der Waals surface area (Å²) < 4.78 is 0. The van der Waals surface area contributed by atoms with E-state index in [4.69, 9.17) is 11.5 Å². The predicted octanol–water partition coefficient (Wildman–Crippen LogP) is 0.545. The van der Waals surface area contributed by atoms with E-state index in [0.29, 0.717) is 5.92 Å². The highest BCUT2D eigenvalue weighted by Crippen LogP contribution is 2.23. The molecule has 1 amide bonds. The van der Waals surface area contributed by atoms with Crippen molar-refractivity contribution >= 4 is 5.91 Å². The lowest BCUT2D eigenvalue weighted by Crippen LogP contribution is -2.31. The maximum atomic E-state index is 10.4. The number of primary amides is 1. The molecule has 1 fully saturated rings. The molecular formula is C9H16N2O. The highest BCUT2D eigenvalue weighted by Gasteiger charge is 2.18. The largest absolute Gasteiger partial charge is 0.366 e. The second-order valence-corrected chi connectivity index (χ2v) is 3.37. The van der Waals surface area contributed by atoms with Crippen molar-refractivity contribution in [1.82, 2.24) is 0 Å². The quantitative estimate of drug-likeness (QED) is 0.591. The molecule has 0 aromatic carbocycles. The van der Waals surface area contributed by atoms with Crippen LogP contribution in [0.25, 0.3) is 0 Å². The minimum absolute atomic E-state index is 0.217. The molecule has 0 spiro atoms. The van der Waals surface area contributed by atoms with Gasteiger partial charge in [-0.3, -0.25) is 4.79 Å². The van der Waals surface area contributed by atoms with Crippen LogP contribution >= 0.6 is 0 Å². The summed E-state index contributed by atoms with van der Waals surface area (Å²) >= 11 is 0. The third-order valence-corrected chi connectivity index (χ3v) is 2.38. The smallest absolute Gasteiger partial charge is 0.241 e. The van der Waals surface area contributed by atoms with Crippen molar-refractivity contribution in [3.8, 4) is 0 Å². The molecule has 1 saturated carbocycles. The fourth-order valence-electron chi connectivity index (χ4n) is 1.65. The van der Waals surface area contributed by atoms with E-state index >= 15 is 0 Å². The molecule has 2 atom stereocenters. The molecule has 0 bridgehead atoms. The van der Waals surface area contributed by atoms with Crippen molar-refractivity contribution < 1.29 is 4.79 Å². The normalized spacial score (nSPS) is 30.8. The molecule has 0 aliphatic heterocycles. The van der Waals surface area contributed by atoms with Crippen LogP contribution < -0.4 is 11.5 Å². The second kappa shape index (κ2) is 4.26. The molecule has 0 radical (unpaired) electrons. The topological polar surface area (TPSA) is 69.1 Å². The van der Waals surface area contributed by atoms with Gasteiger partial charge in [0, 0.05) is 6.04 Å². The maximum Gasteiger partial charge on any atom is 0.241 e. The molecule has 0 heterocycles. The van der Waals surface area contributed by atoms with Gasteiger partial charge in [-0.15, -0.1) is 0 Å². The van der Waals surface area contributed by atoms with Gasteiger partial charge in [0.15, 0.2) is 0 Å². The zero-order chi connectivity index (χ0) is 8.97. The van der Waals surface area contributed by atoms with Gasteiger partial charge in [0.2, 0.25) is 5.91 Å². The van der Waals surface area contributed by atoms with Gasteiger partial charge in [-0.1, -0.05) is 18.9 Å². The molecule has 0 aromatic heterocycles. The third kappa shape index (κ3) is 2.66. The van der Waals surface area contributed by atoms with Crippen LogP contribution in [0.5, 0.6) is 0 Å². The Labute approximate surface area is 72.8 Å². The van der Waals surface area contributed by atoms with Crippen LogP contribution in [0.1, 0.15) is 25.7 Å². The van der Waals surface area contributed by atoms with E-state index in [1.165, 1.54) is 18.9 Å². The van der Waals surface area contributed by atoms with E-state index in [1.54, 1.807) is 0 Å². The van der Waals surface area contributed by atoms with E-state index in [-0.39, 0.29) is 11.9 Å². The van der Waals surface area contributed by atoms with Gasteiger partial charge >= 0.3 is 0 Å². The second-order valence-electron chi connectivity index (χ2n) is 3.37. The summed E-state index contributed by atoms with van der Waals surface area (Å²) in [5.74, 6) is -0.0287. The van der Waals surface area contributed by atoms with Gasteiger partial charge in [0.05, 0.1) is 0 Å². The SMILES string of the molecule is NC(=O)C=C[C@@H]1CCCC[C@H]1N. The van der Waals surface area contributed by atoms with Gasteiger partial charge in [-0.2, -0.15) is 0 Å². The number of nitrogens with two attached hydrogens (primary N) is 2. The minimum atomic E-state index is -0.382. The van der Waals surface area contributed by atoms with Crippen molar-refractivity contribution in [3.05, 3.63) is 12.2 Å². The first-order valence-electron chi connectivity index (χ1n) is 4.43. The third-order valence-electron chi connectivity index (χ3n) is 2.38. The zero-order valence-corrected chi connectivity index (χ0v) is 7.20. The first-order chi connectivity index (χ1) is 5.70. The number of carbonyl (C=O) groups excluding carboxylic acids is 1. The number of carbonyl (C=O) groups is 1. The van der Waals surface area contributed by atoms with Crippen LogP contribution in [0.3, 0.4) is 0 Å². The summed E-state index contributed by atoms with van der Waals surface area (Å²) in [5.41, 5.74) is 10.9. The Morgan fingerprint density at radius 1 is 1.33 bits per heavy atom. The Morgan fingerprint density at radius 3 is 2.58 bits per heavy atom. The van der Waals surface area contributed by atoms with E-state index in [1.807, 2.05) is 6.08 Å². The Hall–Kier alpha value is -0.830. The van der Waals surface area contributed by atoms with Crippen molar-refractivity contribution in [2.24, 2.45) is 17.4 Å².